The Morgan fingerprint density at radius 1 is 1.28 bits per heavy atom. The van der Waals surface area contributed by atoms with Gasteiger partial charge in [-0.25, -0.2) is 4.79 Å². The second kappa shape index (κ2) is 7.98. The fraction of sp³-hybridized carbons (Fsp3) is 0.294. The minimum Gasteiger partial charge on any atom is -0.466 e. The third kappa shape index (κ3) is 4.48. The van der Waals surface area contributed by atoms with E-state index in [9.17, 15) is 9.59 Å². The highest BCUT2D eigenvalue weighted by atomic mass is 32.2. The maximum Gasteiger partial charge on any atom is 0.331 e. The fourth-order valence-electron chi connectivity index (χ4n) is 2.54. The van der Waals surface area contributed by atoms with Crippen LogP contribution in [0.2, 0.25) is 0 Å². The number of nitrogens with one attached hydrogen (secondary N) is 1. The first-order chi connectivity index (χ1) is 12.2. The molecule has 0 bridgehead atoms. The molecule has 1 aromatic rings. The lowest BCUT2D eigenvalue weighted by atomic mass is 10.2. The van der Waals surface area contributed by atoms with E-state index in [4.69, 9.17) is 0 Å². The highest BCUT2D eigenvalue weighted by Gasteiger charge is 2.24. The Balaban J connectivity index is 1.61. The van der Waals surface area contributed by atoms with Crippen LogP contribution in [0.25, 0.3) is 0 Å². The standard InChI is InChI=1S/C17H18N4O3S/c1-24-15(22)10-14-16(23)19-17(25-14)20-18-11-12-4-6-13(7-5-12)21-8-2-3-9-21/h4-7,10-11H,2-3,8-9H2,1H3,(H,19,20,23)/b14-10+,18-11?. The van der Waals surface area contributed by atoms with E-state index in [-0.39, 0.29) is 10.8 Å². The maximum atomic E-state index is 11.7. The smallest absolute Gasteiger partial charge is 0.331 e. The quantitative estimate of drug-likeness (QED) is 0.385. The average Bonchev–Trinajstić information content (AvgIpc) is 3.26. The van der Waals surface area contributed by atoms with Gasteiger partial charge in [-0.15, -0.1) is 5.10 Å². The van der Waals surface area contributed by atoms with Gasteiger partial charge in [-0.3, -0.25) is 10.1 Å². The van der Waals surface area contributed by atoms with E-state index in [1.54, 1.807) is 6.21 Å². The van der Waals surface area contributed by atoms with Crippen molar-refractivity contribution in [2.75, 3.05) is 25.1 Å². The molecule has 0 unspecified atom stereocenters. The maximum absolute atomic E-state index is 11.7. The molecule has 25 heavy (non-hydrogen) atoms. The number of thioether (sulfide) groups is 1. The molecule has 3 rings (SSSR count). The molecule has 130 valence electrons. The minimum atomic E-state index is -0.583. The number of esters is 1. The topological polar surface area (TPSA) is 83.4 Å². The summed E-state index contributed by atoms with van der Waals surface area (Å²) in [4.78, 5) is 25.5. The summed E-state index contributed by atoms with van der Waals surface area (Å²) >= 11 is 1.05. The molecule has 2 saturated heterocycles. The number of nitrogens with zero attached hydrogens (tertiary/aromatic N) is 3. The lowest BCUT2D eigenvalue weighted by molar-refractivity contribution is -0.135. The van der Waals surface area contributed by atoms with E-state index in [1.807, 2.05) is 12.1 Å². The molecule has 8 heteroatoms. The van der Waals surface area contributed by atoms with Crippen LogP contribution in [-0.4, -0.2) is 43.5 Å². The van der Waals surface area contributed by atoms with Crippen molar-refractivity contribution < 1.29 is 14.3 Å². The van der Waals surface area contributed by atoms with Gasteiger partial charge >= 0.3 is 5.97 Å². The van der Waals surface area contributed by atoms with Gasteiger partial charge < -0.3 is 9.64 Å². The van der Waals surface area contributed by atoms with Gasteiger partial charge in [0, 0.05) is 24.9 Å². The van der Waals surface area contributed by atoms with Gasteiger partial charge in [-0.1, -0.05) is 12.1 Å². The number of ether oxygens (including phenoxy) is 1. The van der Waals surface area contributed by atoms with Gasteiger partial charge in [0.25, 0.3) is 5.91 Å². The zero-order chi connectivity index (χ0) is 17.6. The van der Waals surface area contributed by atoms with Gasteiger partial charge in [-0.2, -0.15) is 5.10 Å². The molecule has 2 aliphatic heterocycles. The highest BCUT2D eigenvalue weighted by molar-refractivity contribution is 8.18. The number of amidine groups is 1. The zero-order valence-corrected chi connectivity index (χ0v) is 14.6. The number of hydrogen-bond donors (Lipinski definition) is 1. The number of carbonyl (C=O) groups is 2. The van der Waals surface area contributed by atoms with E-state index in [0.29, 0.717) is 5.17 Å². The molecule has 0 atom stereocenters. The van der Waals surface area contributed by atoms with Crippen molar-refractivity contribution >= 4 is 40.7 Å². The molecule has 0 spiro atoms. The van der Waals surface area contributed by atoms with Crippen LogP contribution in [0.4, 0.5) is 5.69 Å². The van der Waals surface area contributed by atoms with Crippen molar-refractivity contribution in [2.24, 2.45) is 10.2 Å². The van der Waals surface area contributed by atoms with Gasteiger partial charge in [0.15, 0.2) is 5.17 Å². The summed E-state index contributed by atoms with van der Waals surface area (Å²) in [6, 6.07) is 8.12. The van der Waals surface area contributed by atoms with Gasteiger partial charge in [0.05, 0.1) is 18.2 Å². The number of amides is 1. The minimum absolute atomic E-state index is 0.232. The summed E-state index contributed by atoms with van der Waals surface area (Å²) in [5.74, 6) is -0.972. The van der Waals surface area contributed by atoms with Crippen LogP contribution >= 0.6 is 11.8 Å². The second-order valence-electron chi connectivity index (χ2n) is 5.52. The molecule has 1 aromatic carbocycles. The van der Waals surface area contributed by atoms with Gasteiger partial charge in [0.1, 0.15) is 0 Å². The van der Waals surface area contributed by atoms with Crippen molar-refractivity contribution in [1.82, 2.24) is 5.32 Å². The summed E-state index contributed by atoms with van der Waals surface area (Å²) in [6.07, 6.45) is 5.24. The van der Waals surface area contributed by atoms with Crippen molar-refractivity contribution in [1.29, 1.82) is 0 Å². The number of rotatable bonds is 4. The van der Waals surface area contributed by atoms with Crippen LogP contribution in [0.5, 0.6) is 0 Å². The van der Waals surface area contributed by atoms with E-state index in [2.05, 4.69) is 37.3 Å². The first-order valence-electron chi connectivity index (χ1n) is 7.90. The molecular weight excluding hydrogens is 340 g/mol. The second-order valence-corrected chi connectivity index (χ2v) is 6.55. The monoisotopic (exact) mass is 358 g/mol. The first kappa shape index (κ1) is 17.2. The van der Waals surface area contributed by atoms with Crippen LogP contribution in [0, 0.1) is 0 Å². The Hall–Kier alpha value is -2.61. The fourth-order valence-corrected chi connectivity index (χ4v) is 3.27. The molecule has 0 aliphatic carbocycles. The SMILES string of the molecule is COC(=O)/C=C1/S/C(=N\N=Cc2ccc(N3CCCC3)cc2)NC1=O. The molecule has 2 fully saturated rings. The predicted octanol–water partition coefficient (Wildman–Crippen LogP) is 1.90. The van der Waals surface area contributed by atoms with Crippen molar-refractivity contribution in [3.8, 4) is 0 Å². The van der Waals surface area contributed by atoms with E-state index in [1.165, 1.54) is 25.6 Å². The summed E-state index contributed by atoms with van der Waals surface area (Å²) in [5.41, 5.74) is 2.14. The van der Waals surface area contributed by atoms with Crippen LogP contribution < -0.4 is 10.2 Å². The molecule has 0 aromatic heterocycles. The van der Waals surface area contributed by atoms with Crippen LogP contribution in [0.15, 0.2) is 45.4 Å². The number of anilines is 1. The molecule has 1 amide bonds. The number of hydrogen-bond acceptors (Lipinski definition) is 7. The third-order valence-corrected chi connectivity index (χ3v) is 4.72. The zero-order valence-electron chi connectivity index (χ0n) is 13.8. The molecule has 2 aliphatic rings. The molecule has 0 radical (unpaired) electrons. The van der Waals surface area contributed by atoms with Crippen LogP contribution in [0.1, 0.15) is 18.4 Å². The molecule has 2 heterocycles. The first-order valence-corrected chi connectivity index (χ1v) is 8.72. The Labute approximate surface area is 149 Å². The van der Waals surface area contributed by atoms with Crippen molar-refractivity contribution in [2.45, 2.75) is 12.8 Å². The normalized spacial score (nSPS) is 20.7. The Morgan fingerprint density at radius 2 is 2.00 bits per heavy atom. The molecular formula is C17H18N4O3S. The van der Waals surface area contributed by atoms with Gasteiger partial charge in [-0.05, 0) is 42.3 Å². The number of methoxy groups -OCH3 is 1. The average molecular weight is 358 g/mol. The molecule has 1 N–H and O–H groups in total. The predicted molar refractivity (Wildman–Crippen MR) is 98.8 cm³/mol. The Kier molecular flexibility index (Phi) is 5.49. The number of carbonyl (C=O) groups excluding carboxylic acids is 2. The van der Waals surface area contributed by atoms with Gasteiger partial charge in [0.2, 0.25) is 0 Å². The highest BCUT2D eigenvalue weighted by Crippen LogP contribution is 2.23. The third-order valence-electron chi connectivity index (χ3n) is 3.82. The van der Waals surface area contributed by atoms with E-state index < -0.39 is 5.97 Å². The summed E-state index contributed by atoms with van der Waals surface area (Å²) in [7, 11) is 1.26. The lowest BCUT2D eigenvalue weighted by Crippen LogP contribution is -2.19. The summed E-state index contributed by atoms with van der Waals surface area (Å²) < 4.78 is 4.50. The summed E-state index contributed by atoms with van der Waals surface area (Å²) in [6.45, 7) is 2.22. The summed E-state index contributed by atoms with van der Waals surface area (Å²) in [5, 5.41) is 10.8. The molecule has 0 saturated carbocycles. The Bertz CT molecular complexity index is 750. The lowest BCUT2D eigenvalue weighted by Gasteiger charge is -2.17. The number of benzene rings is 1. The largest absolute Gasteiger partial charge is 0.466 e. The van der Waals surface area contributed by atoms with Crippen LogP contribution in [-0.2, 0) is 14.3 Å². The Morgan fingerprint density at radius 3 is 2.68 bits per heavy atom. The molecule has 7 nitrogen and oxygen atoms in total. The van der Waals surface area contributed by atoms with Crippen LogP contribution in [0.3, 0.4) is 0 Å². The van der Waals surface area contributed by atoms with E-state index in [0.717, 1.165) is 36.5 Å². The van der Waals surface area contributed by atoms with Crippen molar-refractivity contribution in [3.05, 3.63) is 40.8 Å². The van der Waals surface area contributed by atoms with E-state index >= 15 is 0 Å². The van der Waals surface area contributed by atoms with Crippen molar-refractivity contribution in [3.63, 3.8) is 0 Å².